The van der Waals surface area contributed by atoms with Crippen LogP contribution in [0.2, 0.25) is 0 Å². The predicted molar refractivity (Wildman–Crippen MR) is 59.4 cm³/mol. The molecule has 3 nitrogen and oxygen atoms in total. The number of aromatic nitrogens is 1. The summed E-state index contributed by atoms with van der Waals surface area (Å²) in [7, 11) is 1.76. The second-order valence-electron chi connectivity index (χ2n) is 3.07. The van der Waals surface area contributed by atoms with E-state index in [-0.39, 0.29) is 4.87 Å². The highest BCUT2D eigenvalue weighted by Crippen LogP contribution is 2.20. The molecule has 0 amide bonds. The molecule has 0 saturated heterocycles. The van der Waals surface area contributed by atoms with Gasteiger partial charge in [-0.05, 0) is 12.1 Å². The summed E-state index contributed by atoms with van der Waals surface area (Å²) in [5, 5.41) is 1.84. The van der Waals surface area contributed by atoms with E-state index in [0.717, 1.165) is 11.3 Å². The zero-order valence-corrected chi connectivity index (χ0v) is 8.54. The molecule has 0 bridgehead atoms. The second-order valence-corrected chi connectivity index (χ2v) is 3.89. The Bertz CT molecular complexity index is 513. The summed E-state index contributed by atoms with van der Waals surface area (Å²) in [6, 6.07) is 7.51. The summed E-state index contributed by atoms with van der Waals surface area (Å²) in [5.74, 6) is 0. The molecule has 2 N–H and O–H groups in total. The first kappa shape index (κ1) is 9.02. The van der Waals surface area contributed by atoms with Crippen molar-refractivity contribution in [1.82, 2.24) is 4.57 Å². The number of nitrogen functional groups attached to an aromatic ring is 1. The van der Waals surface area contributed by atoms with E-state index in [0.29, 0.717) is 5.69 Å². The van der Waals surface area contributed by atoms with E-state index in [1.807, 2.05) is 29.6 Å². The second kappa shape index (κ2) is 3.31. The molecular formula is C10H10N2OS. The van der Waals surface area contributed by atoms with E-state index in [4.69, 9.17) is 5.73 Å². The standard InChI is InChI=1S/C10H10N2OS/c1-12-9(6-14-10(12)13)7-3-2-4-8(11)5-7/h2-6H,11H2,1H3. The molecule has 1 aromatic heterocycles. The van der Waals surface area contributed by atoms with Crippen LogP contribution in [0, 0.1) is 0 Å². The maximum Gasteiger partial charge on any atom is 0.307 e. The molecule has 72 valence electrons. The van der Waals surface area contributed by atoms with Crippen molar-refractivity contribution in [2.45, 2.75) is 0 Å². The number of rotatable bonds is 1. The Balaban J connectivity index is 2.60. The minimum Gasteiger partial charge on any atom is -0.399 e. The van der Waals surface area contributed by atoms with Gasteiger partial charge in [0.15, 0.2) is 0 Å². The summed E-state index contributed by atoms with van der Waals surface area (Å²) in [6.45, 7) is 0. The van der Waals surface area contributed by atoms with E-state index in [9.17, 15) is 4.79 Å². The third-order valence-electron chi connectivity index (χ3n) is 2.09. The minimum absolute atomic E-state index is 0.0439. The maximum absolute atomic E-state index is 11.2. The molecular weight excluding hydrogens is 196 g/mol. The third-order valence-corrected chi connectivity index (χ3v) is 2.91. The van der Waals surface area contributed by atoms with Crippen LogP contribution in [0.25, 0.3) is 11.3 Å². The summed E-state index contributed by atoms with van der Waals surface area (Å²) in [4.78, 5) is 11.3. The zero-order valence-electron chi connectivity index (χ0n) is 7.73. The Hall–Kier alpha value is -1.55. The first-order chi connectivity index (χ1) is 6.68. The molecule has 1 heterocycles. The lowest BCUT2D eigenvalue weighted by Gasteiger charge is -2.02. The predicted octanol–water partition coefficient (Wildman–Crippen LogP) is 1.70. The van der Waals surface area contributed by atoms with Crippen molar-refractivity contribution in [2.75, 3.05) is 5.73 Å². The van der Waals surface area contributed by atoms with Gasteiger partial charge < -0.3 is 10.3 Å². The molecule has 2 rings (SSSR count). The Labute approximate surface area is 85.4 Å². The fourth-order valence-electron chi connectivity index (χ4n) is 1.32. The van der Waals surface area contributed by atoms with Crippen molar-refractivity contribution >= 4 is 17.0 Å². The Morgan fingerprint density at radius 3 is 2.79 bits per heavy atom. The Morgan fingerprint density at radius 2 is 2.21 bits per heavy atom. The van der Waals surface area contributed by atoms with E-state index < -0.39 is 0 Å². The summed E-state index contributed by atoms with van der Waals surface area (Å²) in [5.41, 5.74) is 8.27. The first-order valence-electron chi connectivity index (χ1n) is 4.19. The number of nitrogens with two attached hydrogens (primary N) is 1. The molecule has 2 aromatic rings. The van der Waals surface area contributed by atoms with Gasteiger partial charge in [-0.2, -0.15) is 0 Å². The van der Waals surface area contributed by atoms with Crippen molar-refractivity contribution in [3.05, 3.63) is 39.3 Å². The summed E-state index contributed by atoms with van der Waals surface area (Å²) in [6.07, 6.45) is 0. The molecule has 0 aliphatic rings. The summed E-state index contributed by atoms with van der Waals surface area (Å²) >= 11 is 1.20. The first-order valence-corrected chi connectivity index (χ1v) is 5.07. The summed E-state index contributed by atoms with van der Waals surface area (Å²) < 4.78 is 1.62. The quantitative estimate of drug-likeness (QED) is 0.722. The molecule has 4 heteroatoms. The SMILES string of the molecule is Cn1c(-c2cccc(N)c2)csc1=O. The van der Waals surface area contributed by atoms with Crippen molar-refractivity contribution in [1.29, 1.82) is 0 Å². The van der Waals surface area contributed by atoms with Crippen LogP contribution in [-0.2, 0) is 7.05 Å². The average molecular weight is 206 g/mol. The monoisotopic (exact) mass is 206 g/mol. The van der Waals surface area contributed by atoms with Crippen LogP contribution in [0.5, 0.6) is 0 Å². The molecule has 0 spiro atoms. The van der Waals surface area contributed by atoms with Crippen LogP contribution in [0.4, 0.5) is 5.69 Å². The van der Waals surface area contributed by atoms with Gasteiger partial charge in [-0.1, -0.05) is 23.5 Å². The van der Waals surface area contributed by atoms with Crippen LogP contribution < -0.4 is 10.6 Å². The molecule has 0 aliphatic heterocycles. The fourth-order valence-corrected chi connectivity index (χ4v) is 2.09. The normalized spacial score (nSPS) is 10.4. The van der Waals surface area contributed by atoms with Gasteiger partial charge >= 0.3 is 4.87 Å². The van der Waals surface area contributed by atoms with Gasteiger partial charge in [0.25, 0.3) is 0 Å². The number of anilines is 1. The molecule has 1 aromatic carbocycles. The largest absolute Gasteiger partial charge is 0.399 e. The average Bonchev–Trinajstić information content (AvgIpc) is 2.48. The molecule has 0 unspecified atom stereocenters. The lowest BCUT2D eigenvalue weighted by atomic mass is 10.1. The van der Waals surface area contributed by atoms with Gasteiger partial charge in [-0.25, -0.2) is 0 Å². The molecule has 0 saturated carbocycles. The smallest absolute Gasteiger partial charge is 0.307 e. The Kier molecular flexibility index (Phi) is 2.13. The van der Waals surface area contributed by atoms with Crippen molar-refractivity contribution in [3.8, 4) is 11.3 Å². The van der Waals surface area contributed by atoms with Crippen molar-refractivity contribution in [3.63, 3.8) is 0 Å². The lowest BCUT2D eigenvalue weighted by molar-refractivity contribution is 0.906. The number of hydrogen-bond donors (Lipinski definition) is 1. The van der Waals surface area contributed by atoms with Gasteiger partial charge in [-0.3, -0.25) is 4.79 Å². The Morgan fingerprint density at radius 1 is 1.43 bits per heavy atom. The number of nitrogens with zero attached hydrogens (tertiary/aromatic N) is 1. The number of hydrogen-bond acceptors (Lipinski definition) is 3. The van der Waals surface area contributed by atoms with Crippen molar-refractivity contribution in [2.24, 2.45) is 7.05 Å². The molecule has 0 fully saturated rings. The highest BCUT2D eigenvalue weighted by molar-refractivity contribution is 7.07. The number of thiazole rings is 1. The van der Waals surface area contributed by atoms with Gasteiger partial charge in [0.2, 0.25) is 0 Å². The fraction of sp³-hybridized carbons (Fsp3) is 0.100. The van der Waals surface area contributed by atoms with Gasteiger partial charge in [0.05, 0.1) is 5.69 Å². The van der Waals surface area contributed by atoms with Crippen LogP contribution in [-0.4, -0.2) is 4.57 Å². The molecule has 0 aliphatic carbocycles. The topological polar surface area (TPSA) is 48.0 Å². The van der Waals surface area contributed by atoms with E-state index >= 15 is 0 Å². The highest BCUT2D eigenvalue weighted by Gasteiger charge is 2.04. The lowest BCUT2D eigenvalue weighted by Crippen LogP contribution is -2.08. The van der Waals surface area contributed by atoms with Crippen molar-refractivity contribution < 1.29 is 0 Å². The van der Waals surface area contributed by atoms with Crippen LogP contribution in [0.1, 0.15) is 0 Å². The maximum atomic E-state index is 11.2. The third kappa shape index (κ3) is 1.44. The molecule has 0 radical (unpaired) electrons. The van der Waals surface area contributed by atoms with E-state index in [1.165, 1.54) is 11.3 Å². The van der Waals surface area contributed by atoms with Crippen LogP contribution in [0.15, 0.2) is 34.4 Å². The zero-order chi connectivity index (χ0) is 10.1. The van der Waals surface area contributed by atoms with Crippen LogP contribution >= 0.6 is 11.3 Å². The van der Waals surface area contributed by atoms with E-state index in [1.54, 1.807) is 11.6 Å². The van der Waals surface area contributed by atoms with Gasteiger partial charge in [-0.15, -0.1) is 0 Å². The highest BCUT2D eigenvalue weighted by atomic mass is 32.1. The number of benzene rings is 1. The molecule has 14 heavy (non-hydrogen) atoms. The van der Waals surface area contributed by atoms with Gasteiger partial charge in [0.1, 0.15) is 0 Å². The van der Waals surface area contributed by atoms with Gasteiger partial charge in [0, 0.05) is 23.7 Å². The van der Waals surface area contributed by atoms with Crippen LogP contribution in [0.3, 0.4) is 0 Å². The minimum atomic E-state index is 0.0439. The molecule has 0 atom stereocenters. The van der Waals surface area contributed by atoms with E-state index in [2.05, 4.69) is 0 Å².